The molecule has 0 fully saturated rings. The Labute approximate surface area is 204 Å². The third-order valence-corrected chi connectivity index (χ3v) is 8.18. The summed E-state index contributed by atoms with van der Waals surface area (Å²) in [7, 11) is -3.71. The van der Waals surface area contributed by atoms with Crippen molar-refractivity contribution < 1.29 is 13.2 Å². The molecule has 0 saturated heterocycles. The molecule has 0 atom stereocenters. The number of aromatic nitrogens is 2. The van der Waals surface area contributed by atoms with Gasteiger partial charge in [-0.25, -0.2) is 18.4 Å². The summed E-state index contributed by atoms with van der Waals surface area (Å²) in [6.07, 6.45) is 0. The first-order valence-electron chi connectivity index (χ1n) is 10.2. The van der Waals surface area contributed by atoms with Crippen LogP contribution in [0.4, 0.5) is 10.8 Å². The number of thiazole rings is 2. The number of carbonyl (C=O) groups excluding carboxylic acids is 1. The molecule has 1 amide bonds. The number of rotatable bonds is 6. The van der Waals surface area contributed by atoms with Crippen molar-refractivity contribution in [2.24, 2.45) is 0 Å². The molecule has 10 heteroatoms. The van der Waals surface area contributed by atoms with Gasteiger partial charge in [0.25, 0.3) is 15.9 Å². The van der Waals surface area contributed by atoms with Gasteiger partial charge < -0.3 is 0 Å². The van der Waals surface area contributed by atoms with E-state index in [2.05, 4.69) is 20.0 Å². The molecular weight excluding hydrogens is 488 g/mol. The van der Waals surface area contributed by atoms with E-state index in [1.807, 2.05) is 36.6 Å². The number of anilines is 2. The van der Waals surface area contributed by atoms with E-state index < -0.39 is 10.0 Å². The van der Waals surface area contributed by atoms with Crippen LogP contribution < -0.4 is 10.0 Å². The highest BCUT2D eigenvalue weighted by Crippen LogP contribution is 2.32. The maximum atomic E-state index is 12.7. The molecular formula is C24H18N4O3S3. The Kier molecular flexibility index (Phi) is 5.86. The summed E-state index contributed by atoms with van der Waals surface area (Å²) in [5.41, 5.74) is 3.35. The van der Waals surface area contributed by atoms with Crippen molar-refractivity contribution in [3.8, 4) is 10.7 Å². The first-order chi connectivity index (χ1) is 16.4. The van der Waals surface area contributed by atoms with Gasteiger partial charge in [-0.3, -0.25) is 14.8 Å². The van der Waals surface area contributed by atoms with Crippen LogP contribution in [-0.4, -0.2) is 24.3 Å². The number of hydrogen-bond acceptors (Lipinski definition) is 7. The minimum absolute atomic E-state index is 0.174. The average Bonchev–Trinajstić information content (AvgIpc) is 3.46. The normalized spacial score (nSPS) is 11.4. The monoisotopic (exact) mass is 506 g/mol. The second-order valence-electron chi connectivity index (χ2n) is 7.47. The minimum Gasteiger partial charge on any atom is -0.298 e. The van der Waals surface area contributed by atoms with Crippen LogP contribution in [0.2, 0.25) is 0 Å². The molecule has 34 heavy (non-hydrogen) atoms. The van der Waals surface area contributed by atoms with Crippen molar-refractivity contribution in [1.29, 1.82) is 0 Å². The molecule has 170 valence electrons. The molecule has 0 aliphatic rings. The van der Waals surface area contributed by atoms with Gasteiger partial charge in [-0.05, 0) is 55.5 Å². The van der Waals surface area contributed by atoms with Gasteiger partial charge in [0.1, 0.15) is 10.7 Å². The highest BCUT2D eigenvalue weighted by Gasteiger charge is 2.15. The Balaban J connectivity index is 1.26. The van der Waals surface area contributed by atoms with E-state index >= 15 is 0 Å². The first-order valence-corrected chi connectivity index (χ1v) is 13.4. The third-order valence-electron chi connectivity index (χ3n) is 4.97. The Hall–Kier alpha value is -3.60. The number of nitrogens with one attached hydrogen (secondary N) is 2. The van der Waals surface area contributed by atoms with Gasteiger partial charge in [0.2, 0.25) is 0 Å². The third kappa shape index (κ3) is 4.69. The standard InChI is InChI=1S/C24H18N4O3S3/c1-15-6-12-18(13-7-15)34(30,31)28-17-10-8-16(9-11-17)22(29)27-24-26-20(14-32-24)23-25-19-4-2-3-5-21(19)33-23/h2-14,28H,1H3,(H,26,27,29). The number of benzene rings is 3. The van der Waals surface area contributed by atoms with E-state index in [9.17, 15) is 13.2 Å². The van der Waals surface area contributed by atoms with E-state index in [1.165, 1.54) is 11.3 Å². The maximum absolute atomic E-state index is 12.7. The van der Waals surface area contributed by atoms with Crippen molar-refractivity contribution >= 4 is 59.6 Å². The summed E-state index contributed by atoms with van der Waals surface area (Å²) < 4.78 is 28.7. The highest BCUT2D eigenvalue weighted by atomic mass is 32.2. The van der Waals surface area contributed by atoms with Crippen molar-refractivity contribution in [3.05, 3.63) is 89.3 Å². The number of para-hydroxylation sites is 1. The molecule has 3 aromatic carbocycles. The Morgan fingerprint density at radius 3 is 2.38 bits per heavy atom. The van der Waals surface area contributed by atoms with Gasteiger partial charge >= 0.3 is 0 Å². The highest BCUT2D eigenvalue weighted by molar-refractivity contribution is 7.92. The first kappa shape index (κ1) is 22.2. The van der Waals surface area contributed by atoms with Gasteiger partial charge in [0, 0.05) is 16.6 Å². The molecule has 0 saturated carbocycles. The Morgan fingerprint density at radius 1 is 0.912 bits per heavy atom. The van der Waals surface area contributed by atoms with Crippen molar-refractivity contribution in [2.75, 3.05) is 10.0 Å². The molecule has 0 aliphatic heterocycles. The number of sulfonamides is 1. The molecule has 2 heterocycles. The molecule has 7 nitrogen and oxygen atoms in total. The number of carbonyl (C=O) groups is 1. The van der Waals surface area contributed by atoms with Gasteiger partial charge in [0.15, 0.2) is 5.13 Å². The van der Waals surface area contributed by atoms with Crippen LogP contribution in [0.5, 0.6) is 0 Å². The number of fused-ring (bicyclic) bond motifs is 1. The second kappa shape index (κ2) is 8.98. The fourth-order valence-corrected chi connectivity index (χ4v) is 5.95. The van der Waals surface area contributed by atoms with Crippen LogP contribution in [-0.2, 0) is 10.0 Å². The predicted octanol–water partition coefficient (Wildman–Crippen LogP) is 5.78. The molecule has 0 spiro atoms. The van der Waals surface area contributed by atoms with Gasteiger partial charge in [-0.1, -0.05) is 29.8 Å². The van der Waals surface area contributed by atoms with Crippen LogP contribution in [0, 0.1) is 6.92 Å². The van der Waals surface area contributed by atoms with Crippen molar-refractivity contribution in [3.63, 3.8) is 0 Å². The Morgan fingerprint density at radius 2 is 1.65 bits per heavy atom. The summed E-state index contributed by atoms with van der Waals surface area (Å²) in [6.45, 7) is 1.89. The second-order valence-corrected chi connectivity index (χ2v) is 11.0. The summed E-state index contributed by atoms with van der Waals surface area (Å²) in [6, 6.07) is 20.7. The lowest BCUT2D eigenvalue weighted by molar-refractivity contribution is 0.102. The smallest absolute Gasteiger partial charge is 0.261 e. The molecule has 5 rings (SSSR count). The van der Waals surface area contributed by atoms with Crippen LogP contribution in [0.1, 0.15) is 15.9 Å². The fraction of sp³-hybridized carbons (Fsp3) is 0.0417. The lowest BCUT2D eigenvalue weighted by atomic mass is 10.2. The van der Waals surface area contributed by atoms with Crippen LogP contribution >= 0.6 is 22.7 Å². The van der Waals surface area contributed by atoms with Crippen molar-refractivity contribution in [1.82, 2.24) is 9.97 Å². The molecule has 0 aliphatic carbocycles. The SMILES string of the molecule is Cc1ccc(S(=O)(=O)Nc2ccc(C(=O)Nc3nc(-c4nc5ccccc5s4)cs3)cc2)cc1. The van der Waals surface area contributed by atoms with Crippen LogP contribution in [0.3, 0.4) is 0 Å². The quantitative estimate of drug-likeness (QED) is 0.304. The van der Waals surface area contributed by atoms with E-state index in [1.54, 1.807) is 59.9 Å². The van der Waals surface area contributed by atoms with E-state index in [0.717, 1.165) is 20.8 Å². The number of aryl methyl sites for hydroxylation is 1. The van der Waals surface area contributed by atoms with E-state index in [4.69, 9.17) is 0 Å². The Bertz CT molecular complexity index is 1560. The zero-order valence-corrected chi connectivity index (χ0v) is 20.3. The zero-order chi connectivity index (χ0) is 23.7. The predicted molar refractivity (Wildman–Crippen MR) is 137 cm³/mol. The summed E-state index contributed by atoms with van der Waals surface area (Å²) in [4.78, 5) is 21.9. The summed E-state index contributed by atoms with van der Waals surface area (Å²) in [5, 5.41) is 5.90. The lowest BCUT2D eigenvalue weighted by Crippen LogP contribution is -2.14. The molecule has 0 radical (unpaired) electrons. The molecule has 2 aromatic heterocycles. The largest absolute Gasteiger partial charge is 0.298 e. The fourth-order valence-electron chi connectivity index (χ4n) is 3.20. The maximum Gasteiger partial charge on any atom is 0.261 e. The molecule has 2 N–H and O–H groups in total. The van der Waals surface area contributed by atoms with Gasteiger partial charge in [-0.2, -0.15) is 0 Å². The summed E-state index contributed by atoms with van der Waals surface area (Å²) in [5.74, 6) is -0.335. The molecule has 5 aromatic rings. The number of hydrogen-bond donors (Lipinski definition) is 2. The lowest BCUT2D eigenvalue weighted by Gasteiger charge is -2.09. The average molecular weight is 507 g/mol. The minimum atomic E-state index is -3.71. The van der Waals surface area contributed by atoms with Gasteiger partial charge in [0.05, 0.1) is 15.1 Å². The van der Waals surface area contributed by atoms with E-state index in [0.29, 0.717) is 22.1 Å². The zero-order valence-electron chi connectivity index (χ0n) is 17.8. The van der Waals surface area contributed by atoms with Crippen molar-refractivity contribution in [2.45, 2.75) is 11.8 Å². The number of nitrogens with zero attached hydrogens (tertiary/aromatic N) is 2. The van der Waals surface area contributed by atoms with E-state index in [-0.39, 0.29) is 10.8 Å². The topological polar surface area (TPSA) is 101 Å². The van der Waals surface area contributed by atoms with Crippen LogP contribution in [0.25, 0.3) is 20.9 Å². The molecule has 0 unspecified atom stereocenters. The van der Waals surface area contributed by atoms with Crippen LogP contribution in [0.15, 0.2) is 83.1 Å². The molecule has 0 bridgehead atoms. The van der Waals surface area contributed by atoms with Gasteiger partial charge in [-0.15, -0.1) is 22.7 Å². The number of amides is 1. The summed E-state index contributed by atoms with van der Waals surface area (Å²) >= 11 is 2.87.